The first-order chi connectivity index (χ1) is 8.72. The third-order valence-electron chi connectivity index (χ3n) is 3.03. The van der Waals surface area contributed by atoms with E-state index >= 15 is 0 Å². The second-order valence-corrected chi connectivity index (χ2v) is 4.16. The first kappa shape index (κ1) is 10.9. The van der Waals surface area contributed by atoms with Crippen molar-refractivity contribution in [2.75, 3.05) is 0 Å². The van der Waals surface area contributed by atoms with Crippen LogP contribution in [-0.2, 0) is 13.6 Å². The number of rotatable bonds is 2. The molecule has 0 aliphatic rings. The van der Waals surface area contributed by atoms with E-state index in [0.29, 0.717) is 6.54 Å². The number of hydrogen-bond donors (Lipinski definition) is 1. The van der Waals surface area contributed by atoms with E-state index in [1.807, 2.05) is 36.7 Å². The fourth-order valence-electron chi connectivity index (χ4n) is 2.07. The van der Waals surface area contributed by atoms with Gasteiger partial charge in [0, 0.05) is 19.8 Å². The average Bonchev–Trinajstić information content (AvgIpc) is 2.87. The summed E-state index contributed by atoms with van der Waals surface area (Å²) in [6.45, 7) is 2.36. The molecule has 0 fully saturated rings. The van der Waals surface area contributed by atoms with Crippen molar-refractivity contribution >= 4 is 5.78 Å². The van der Waals surface area contributed by atoms with E-state index in [1.165, 1.54) is 0 Å². The summed E-state index contributed by atoms with van der Waals surface area (Å²) in [6.07, 6.45) is 1.75. The topological polar surface area (TPSA) is 74.0 Å². The van der Waals surface area contributed by atoms with Crippen LogP contribution in [0.1, 0.15) is 11.4 Å². The van der Waals surface area contributed by atoms with Crippen LogP contribution in [0.5, 0.6) is 0 Å². The molecule has 3 heterocycles. The Labute approximate surface area is 104 Å². The van der Waals surface area contributed by atoms with Gasteiger partial charge in [-0.15, -0.1) is 5.10 Å². The number of imidazole rings is 1. The molecule has 0 amide bonds. The first-order valence-electron chi connectivity index (χ1n) is 5.74. The minimum absolute atomic E-state index is 0.422. The van der Waals surface area contributed by atoms with Crippen LogP contribution in [0.25, 0.3) is 17.3 Å². The van der Waals surface area contributed by atoms with Crippen molar-refractivity contribution in [1.82, 2.24) is 24.1 Å². The third-order valence-corrected chi connectivity index (χ3v) is 3.03. The van der Waals surface area contributed by atoms with E-state index < -0.39 is 0 Å². The maximum Gasteiger partial charge on any atom is 0.232 e. The maximum atomic E-state index is 5.73. The van der Waals surface area contributed by atoms with Crippen LogP contribution in [0, 0.1) is 6.92 Å². The minimum atomic E-state index is 0.422. The van der Waals surface area contributed by atoms with Gasteiger partial charge in [-0.05, 0) is 19.1 Å². The predicted molar refractivity (Wildman–Crippen MR) is 67.8 cm³/mol. The Bertz CT molecular complexity index is 694. The van der Waals surface area contributed by atoms with E-state index in [4.69, 9.17) is 5.73 Å². The maximum absolute atomic E-state index is 5.73. The van der Waals surface area contributed by atoms with Gasteiger partial charge in [-0.2, -0.15) is 4.52 Å². The summed E-state index contributed by atoms with van der Waals surface area (Å²) >= 11 is 0. The van der Waals surface area contributed by atoms with Crippen LogP contribution in [0.4, 0.5) is 0 Å². The quantitative estimate of drug-likeness (QED) is 0.724. The van der Waals surface area contributed by atoms with Gasteiger partial charge >= 0.3 is 0 Å². The Morgan fingerprint density at radius 2 is 2.17 bits per heavy atom. The van der Waals surface area contributed by atoms with Gasteiger partial charge in [0.1, 0.15) is 5.69 Å². The molecule has 0 saturated heterocycles. The van der Waals surface area contributed by atoms with Crippen LogP contribution in [0.15, 0.2) is 24.4 Å². The highest BCUT2D eigenvalue weighted by atomic mass is 15.4. The molecule has 3 aromatic heterocycles. The zero-order chi connectivity index (χ0) is 12.7. The van der Waals surface area contributed by atoms with Gasteiger partial charge in [0.05, 0.1) is 11.4 Å². The fourth-order valence-corrected chi connectivity index (χ4v) is 2.07. The molecular weight excluding hydrogens is 228 g/mol. The standard InChI is InChI=1S/C12H14N6/c1-8-10(7-13)18-12(15-8)17(2)11(16-18)9-5-3-4-6-14-9/h3-6H,7,13H2,1-2H3. The Balaban J connectivity index is 2.27. The molecule has 0 atom stereocenters. The highest BCUT2D eigenvalue weighted by Gasteiger charge is 2.16. The average molecular weight is 242 g/mol. The number of nitrogens with two attached hydrogens (primary N) is 1. The van der Waals surface area contributed by atoms with Gasteiger partial charge in [-0.1, -0.05) is 6.07 Å². The number of aryl methyl sites for hydroxylation is 2. The number of pyridine rings is 1. The molecule has 2 N–H and O–H groups in total. The van der Waals surface area contributed by atoms with Gasteiger partial charge in [0.15, 0.2) is 5.82 Å². The van der Waals surface area contributed by atoms with E-state index in [2.05, 4.69) is 15.1 Å². The van der Waals surface area contributed by atoms with Crippen LogP contribution in [-0.4, -0.2) is 24.1 Å². The second kappa shape index (κ2) is 3.92. The van der Waals surface area contributed by atoms with Crippen LogP contribution < -0.4 is 5.73 Å². The molecule has 0 aliphatic carbocycles. The van der Waals surface area contributed by atoms with Gasteiger partial charge in [0.25, 0.3) is 0 Å². The van der Waals surface area contributed by atoms with E-state index in [-0.39, 0.29) is 0 Å². The molecule has 0 saturated carbocycles. The monoisotopic (exact) mass is 242 g/mol. The molecule has 0 spiro atoms. The largest absolute Gasteiger partial charge is 0.325 e. The number of hydrogen-bond acceptors (Lipinski definition) is 4. The summed E-state index contributed by atoms with van der Waals surface area (Å²) in [7, 11) is 1.93. The fraction of sp³-hybridized carbons (Fsp3) is 0.250. The van der Waals surface area contributed by atoms with Crippen LogP contribution in [0.2, 0.25) is 0 Å². The zero-order valence-corrected chi connectivity index (χ0v) is 10.3. The Morgan fingerprint density at radius 1 is 1.33 bits per heavy atom. The lowest BCUT2D eigenvalue weighted by Gasteiger charge is -1.98. The summed E-state index contributed by atoms with van der Waals surface area (Å²) in [5, 5.41) is 4.55. The minimum Gasteiger partial charge on any atom is -0.325 e. The molecule has 6 nitrogen and oxygen atoms in total. The predicted octanol–water partition coefficient (Wildman–Crippen LogP) is 0.897. The molecule has 0 aromatic carbocycles. The lowest BCUT2D eigenvalue weighted by Crippen LogP contribution is -2.03. The van der Waals surface area contributed by atoms with Crippen LogP contribution in [0.3, 0.4) is 0 Å². The van der Waals surface area contributed by atoms with Crippen molar-refractivity contribution in [3.05, 3.63) is 35.8 Å². The molecule has 0 aliphatic heterocycles. The summed E-state index contributed by atoms with van der Waals surface area (Å²) < 4.78 is 3.72. The van der Waals surface area contributed by atoms with Crippen molar-refractivity contribution in [3.8, 4) is 11.5 Å². The van der Waals surface area contributed by atoms with Crippen molar-refractivity contribution in [2.24, 2.45) is 12.8 Å². The number of fused-ring (bicyclic) bond motifs is 1. The van der Waals surface area contributed by atoms with Crippen molar-refractivity contribution in [1.29, 1.82) is 0 Å². The van der Waals surface area contributed by atoms with E-state index in [9.17, 15) is 0 Å². The SMILES string of the molecule is Cc1nc2n(C)c(-c3ccccn3)nn2c1CN. The Morgan fingerprint density at radius 3 is 2.83 bits per heavy atom. The molecule has 6 heteroatoms. The summed E-state index contributed by atoms with van der Waals surface area (Å²) in [6, 6.07) is 5.75. The van der Waals surface area contributed by atoms with Crippen molar-refractivity contribution < 1.29 is 0 Å². The molecule has 92 valence electrons. The van der Waals surface area contributed by atoms with Crippen LogP contribution >= 0.6 is 0 Å². The lowest BCUT2D eigenvalue weighted by atomic mass is 10.3. The summed E-state index contributed by atoms with van der Waals surface area (Å²) in [4.78, 5) is 8.79. The second-order valence-electron chi connectivity index (χ2n) is 4.16. The zero-order valence-electron chi connectivity index (χ0n) is 10.3. The Hall–Kier alpha value is -2.21. The summed E-state index contributed by atoms with van der Waals surface area (Å²) in [5.74, 6) is 1.57. The smallest absolute Gasteiger partial charge is 0.232 e. The van der Waals surface area contributed by atoms with Gasteiger partial charge in [0.2, 0.25) is 5.78 Å². The van der Waals surface area contributed by atoms with Crippen molar-refractivity contribution in [3.63, 3.8) is 0 Å². The van der Waals surface area contributed by atoms with E-state index in [1.54, 1.807) is 10.7 Å². The lowest BCUT2D eigenvalue weighted by molar-refractivity contribution is 0.857. The molecular formula is C12H14N6. The normalized spacial score (nSPS) is 11.3. The highest BCUT2D eigenvalue weighted by molar-refractivity contribution is 5.54. The van der Waals surface area contributed by atoms with Gasteiger partial charge < -0.3 is 5.73 Å². The molecule has 0 bridgehead atoms. The molecule has 18 heavy (non-hydrogen) atoms. The Kier molecular flexibility index (Phi) is 2.38. The van der Waals surface area contributed by atoms with Gasteiger partial charge in [-0.3, -0.25) is 9.55 Å². The molecule has 0 unspecified atom stereocenters. The summed E-state index contributed by atoms with van der Waals surface area (Å²) in [5.41, 5.74) is 8.41. The van der Waals surface area contributed by atoms with Gasteiger partial charge in [-0.25, -0.2) is 4.98 Å². The van der Waals surface area contributed by atoms with E-state index in [0.717, 1.165) is 28.7 Å². The molecule has 3 rings (SSSR count). The number of nitrogens with zero attached hydrogens (tertiary/aromatic N) is 5. The highest BCUT2D eigenvalue weighted by Crippen LogP contribution is 2.18. The molecule has 3 aromatic rings. The van der Waals surface area contributed by atoms with Crippen molar-refractivity contribution in [2.45, 2.75) is 13.5 Å². The first-order valence-corrected chi connectivity index (χ1v) is 5.74. The number of aromatic nitrogens is 5. The third kappa shape index (κ3) is 1.42. The molecule has 0 radical (unpaired) electrons.